The van der Waals surface area contributed by atoms with Crippen LogP contribution in [0.4, 0.5) is 0 Å². The molecule has 1 aromatic rings. The Bertz CT molecular complexity index is 330. The summed E-state index contributed by atoms with van der Waals surface area (Å²) in [6, 6.07) is 7.83. The Labute approximate surface area is 103 Å². The van der Waals surface area contributed by atoms with Crippen LogP contribution in [0.25, 0.3) is 0 Å². The fourth-order valence-corrected chi connectivity index (χ4v) is 1.71. The van der Waals surface area contributed by atoms with Crippen LogP contribution in [0.15, 0.2) is 28.7 Å². The minimum absolute atomic E-state index is 0.0476. The van der Waals surface area contributed by atoms with Gasteiger partial charge in [0.05, 0.1) is 0 Å². The molecule has 82 valence electrons. The van der Waals surface area contributed by atoms with Gasteiger partial charge in [-0.3, -0.25) is 4.79 Å². The summed E-state index contributed by atoms with van der Waals surface area (Å²) < 4.78 is 1.02. The van der Waals surface area contributed by atoms with Crippen molar-refractivity contribution in [3.8, 4) is 0 Å². The number of amides is 1. The van der Waals surface area contributed by atoms with E-state index in [4.69, 9.17) is 11.6 Å². The number of benzene rings is 1. The molecule has 0 aliphatic rings. The first kappa shape index (κ1) is 12.5. The maximum atomic E-state index is 11.3. The van der Waals surface area contributed by atoms with Crippen LogP contribution in [-0.2, 0) is 11.3 Å². The zero-order chi connectivity index (χ0) is 11.1. The molecule has 1 N–H and O–H groups in total. The Kier molecular flexibility index (Phi) is 5.73. The van der Waals surface area contributed by atoms with E-state index in [0.717, 1.165) is 16.5 Å². The highest BCUT2D eigenvalue weighted by atomic mass is 79.9. The second kappa shape index (κ2) is 6.85. The lowest BCUT2D eigenvalue weighted by molar-refractivity contribution is -0.121. The first-order chi connectivity index (χ1) is 7.24. The molecule has 15 heavy (non-hydrogen) atoms. The van der Waals surface area contributed by atoms with Crippen LogP contribution in [0.1, 0.15) is 18.4 Å². The Morgan fingerprint density at radius 1 is 1.40 bits per heavy atom. The zero-order valence-electron chi connectivity index (χ0n) is 8.30. The summed E-state index contributed by atoms with van der Waals surface area (Å²) in [7, 11) is 0. The van der Waals surface area contributed by atoms with Crippen molar-refractivity contribution in [2.75, 3.05) is 5.88 Å². The third-order valence-electron chi connectivity index (χ3n) is 1.97. The highest BCUT2D eigenvalue weighted by Gasteiger charge is 2.02. The molecule has 2 nitrogen and oxygen atoms in total. The van der Waals surface area contributed by atoms with E-state index in [0.29, 0.717) is 18.8 Å². The summed E-state index contributed by atoms with van der Waals surface area (Å²) in [5, 5.41) is 2.85. The van der Waals surface area contributed by atoms with Crippen LogP contribution >= 0.6 is 27.5 Å². The van der Waals surface area contributed by atoms with E-state index in [9.17, 15) is 4.79 Å². The lowest BCUT2D eigenvalue weighted by atomic mass is 10.2. The molecule has 4 heteroatoms. The minimum atomic E-state index is 0.0476. The second-order valence-electron chi connectivity index (χ2n) is 3.16. The van der Waals surface area contributed by atoms with Gasteiger partial charge in [-0.05, 0) is 18.1 Å². The molecule has 0 fully saturated rings. The number of halogens is 2. The number of nitrogens with one attached hydrogen (secondary N) is 1. The summed E-state index contributed by atoms with van der Waals surface area (Å²) in [5.41, 5.74) is 1.08. The van der Waals surface area contributed by atoms with Gasteiger partial charge in [0, 0.05) is 23.3 Å². The van der Waals surface area contributed by atoms with E-state index >= 15 is 0 Å². The first-order valence-corrected chi connectivity index (χ1v) is 6.13. The van der Waals surface area contributed by atoms with E-state index in [-0.39, 0.29) is 5.91 Å². The van der Waals surface area contributed by atoms with E-state index in [2.05, 4.69) is 21.2 Å². The highest BCUT2D eigenvalue weighted by molar-refractivity contribution is 9.10. The molecule has 0 aliphatic heterocycles. The molecule has 0 bridgehead atoms. The molecular formula is C11H13BrClNO. The third kappa shape index (κ3) is 4.67. The zero-order valence-corrected chi connectivity index (χ0v) is 10.6. The molecule has 0 atom stereocenters. The fraction of sp³-hybridized carbons (Fsp3) is 0.364. The molecule has 1 amide bonds. The van der Waals surface area contributed by atoms with E-state index in [1.54, 1.807) is 0 Å². The van der Waals surface area contributed by atoms with Crippen molar-refractivity contribution >= 4 is 33.4 Å². The Balaban J connectivity index is 2.37. The number of carbonyl (C=O) groups excluding carboxylic acids is 1. The van der Waals surface area contributed by atoms with Crippen molar-refractivity contribution in [1.82, 2.24) is 5.32 Å². The second-order valence-corrected chi connectivity index (χ2v) is 4.39. The lowest BCUT2D eigenvalue weighted by Gasteiger charge is -2.06. The summed E-state index contributed by atoms with van der Waals surface area (Å²) in [6.45, 7) is 0.558. The Hall–Kier alpha value is -0.540. The third-order valence-corrected chi connectivity index (χ3v) is 3.01. The van der Waals surface area contributed by atoms with Crippen molar-refractivity contribution in [2.24, 2.45) is 0 Å². The largest absolute Gasteiger partial charge is 0.352 e. The number of rotatable bonds is 5. The van der Waals surface area contributed by atoms with Crippen LogP contribution in [0.5, 0.6) is 0 Å². The van der Waals surface area contributed by atoms with Gasteiger partial charge in [-0.1, -0.05) is 34.1 Å². The van der Waals surface area contributed by atoms with E-state index in [1.807, 2.05) is 24.3 Å². The average Bonchev–Trinajstić information content (AvgIpc) is 2.25. The predicted molar refractivity (Wildman–Crippen MR) is 65.9 cm³/mol. The van der Waals surface area contributed by atoms with E-state index in [1.165, 1.54) is 0 Å². The van der Waals surface area contributed by atoms with Crippen LogP contribution < -0.4 is 5.32 Å². The van der Waals surface area contributed by atoms with Gasteiger partial charge in [0.1, 0.15) is 0 Å². The molecule has 0 saturated carbocycles. The van der Waals surface area contributed by atoms with Crippen LogP contribution in [-0.4, -0.2) is 11.8 Å². The summed E-state index contributed by atoms with van der Waals surface area (Å²) >= 11 is 8.93. The van der Waals surface area contributed by atoms with Gasteiger partial charge in [0.25, 0.3) is 0 Å². The van der Waals surface area contributed by atoms with Crippen molar-refractivity contribution < 1.29 is 4.79 Å². The summed E-state index contributed by atoms with van der Waals surface area (Å²) in [5.74, 6) is 0.578. The van der Waals surface area contributed by atoms with E-state index < -0.39 is 0 Å². The number of alkyl halides is 1. The SMILES string of the molecule is O=C(CCCCl)NCc1ccccc1Br. The van der Waals surface area contributed by atoms with Crippen molar-refractivity contribution in [2.45, 2.75) is 19.4 Å². The number of hydrogen-bond acceptors (Lipinski definition) is 1. The van der Waals surface area contributed by atoms with Gasteiger partial charge in [-0.15, -0.1) is 11.6 Å². The smallest absolute Gasteiger partial charge is 0.220 e. The van der Waals surface area contributed by atoms with Gasteiger partial charge in [0.15, 0.2) is 0 Å². The van der Waals surface area contributed by atoms with Crippen LogP contribution in [0.2, 0.25) is 0 Å². The fourth-order valence-electron chi connectivity index (χ4n) is 1.15. The normalized spacial score (nSPS) is 10.0. The molecule has 0 spiro atoms. The molecule has 0 radical (unpaired) electrons. The average molecular weight is 291 g/mol. The van der Waals surface area contributed by atoms with Gasteiger partial charge in [-0.2, -0.15) is 0 Å². The number of carbonyl (C=O) groups is 1. The maximum absolute atomic E-state index is 11.3. The maximum Gasteiger partial charge on any atom is 0.220 e. The highest BCUT2D eigenvalue weighted by Crippen LogP contribution is 2.15. The van der Waals surface area contributed by atoms with Crippen molar-refractivity contribution in [1.29, 1.82) is 0 Å². The monoisotopic (exact) mass is 289 g/mol. The molecule has 1 aromatic carbocycles. The van der Waals surface area contributed by atoms with Gasteiger partial charge < -0.3 is 5.32 Å². The first-order valence-electron chi connectivity index (χ1n) is 4.80. The van der Waals surface area contributed by atoms with Crippen molar-refractivity contribution in [3.63, 3.8) is 0 Å². The molecule has 1 rings (SSSR count). The molecular weight excluding hydrogens is 277 g/mol. The van der Waals surface area contributed by atoms with Crippen LogP contribution in [0.3, 0.4) is 0 Å². The standard InChI is InChI=1S/C11H13BrClNO/c12-10-5-2-1-4-9(10)8-14-11(15)6-3-7-13/h1-2,4-5H,3,6-8H2,(H,14,15). The Morgan fingerprint density at radius 2 is 2.13 bits per heavy atom. The lowest BCUT2D eigenvalue weighted by Crippen LogP contribution is -2.22. The number of hydrogen-bond donors (Lipinski definition) is 1. The predicted octanol–water partition coefficient (Wildman–Crippen LogP) is 3.08. The topological polar surface area (TPSA) is 29.1 Å². The molecule has 0 aromatic heterocycles. The molecule has 0 heterocycles. The van der Waals surface area contributed by atoms with Gasteiger partial charge >= 0.3 is 0 Å². The van der Waals surface area contributed by atoms with Gasteiger partial charge in [-0.25, -0.2) is 0 Å². The molecule has 0 saturated heterocycles. The molecule has 0 aliphatic carbocycles. The van der Waals surface area contributed by atoms with Gasteiger partial charge in [0.2, 0.25) is 5.91 Å². The quantitative estimate of drug-likeness (QED) is 0.830. The summed E-state index contributed by atoms with van der Waals surface area (Å²) in [4.78, 5) is 11.3. The Morgan fingerprint density at radius 3 is 2.80 bits per heavy atom. The van der Waals surface area contributed by atoms with Crippen LogP contribution in [0, 0.1) is 0 Å². The molecule has 0 unspecified atom stereocenters. The minimum Gasteiger partial charge on any atom is -0.352 e. The summed E-state index contributed by atoms with van der Waals surface area (Å²) in [6.07, 6.45) is 1.22. The van der Waals surface area contributed by atoms with Crippen molar-refractivity contribution in [3.05, 3.63) is 34.3 Å².